The lowest BCUT2D eigenvalue weighted by molar-refractivity contribution is 0.205. The van der Waals surface area contributed by atoms with Crippen LogP contribution in [0.5, 0.6) is 5.75 Å². The first-order valence-electron chi connectivity index (χ1n) is 9.90. The molecule has 0 heterocycles. The summed E-state index contributed by atoms with van der Waals surface area (Å²) in [6.45, 7) is 10.6. The predicted molar refractivity (Wildman–Crippen MR) is 121 cm³/mol. The molecule has 3 nitrogen and oxygen atoms in total. The summed E-state index contributed by atoms with van der Waals surface area (Å²) in [5.41, 5.74) is 8.34. The van der Waals surface area contributed by atoms with Gasteiger partial charge in [-0.2, -0.15) is 0 Å². The second kappa shape index (κ2) is 9.61. The summed E-state index contributed by atoms with van der Waals surface area (Å²) < 4.78 is 1.10. The van der Waals surface area contributed by atoms with Crippen molar-refractivity contribution in [3.8, 4) is 5.75 Å². The molecule has 0 radical (unpaired) electrons. The lowest BCUT2D eigenvalue weighted by atomic mass is 9.68. The van der Waals surface area contributed by atoms with E-state index in [9.17, 15) is 5.11 Å². The van der Waals surface area contributed by atoms with Gasteiger partial charge in [0.25, 0.3) is 0 Å². The number of hydrogen-bond donors (Lipinski definition) is 2. The second-order valence-corrected chi connectivity index (χ2v) is 8.46. The van der Waals surface area contributed by atoms with Crippen LogP contribution in [-0.4, -0.2) is 24.2 Å². The quantitative estimate of drug-likeness (QED) is 0.541. The average molecular weight is 433 g/mol. The molecule has 0 aromatic heterocycles. The van der Waals surface area contributed by atoms with E-state index >= 15 is 0 Å². The summed E-state index contributed by atoms with van der Waals surface area (Å²) in [6.07, 6.45) is 12.5. The van der Waals surface area contributed by atoms with E-state index in [0.717, 1.165) is 41.7 Å². The maximum Gasteiger partial charge on any atom is 0.124 e. The molecule has 1 aromatic carbocycles. The number of allylic oxidation sites excluding steroid dienone is 3. The Kier molecular flexibility index (Phi) is 7.75. The molecular formula is C23H33BrN2O. The number of benzene rings is 1. The van der Waals surface area contributed by atoms with Crippen molar-refractivity contribution in [2.75, 3.05) is 18.0 Å². The number of hydrogen-bond acceptors (Lipinski definition) is 3. The van der Waals surface area contributed by atoms with Gasteiger partial charge in [-0.05, 0) is 44.2 Å². The number of phenolic OH excluding ortho intramolecular Hbond substituents is 1. The van der Waals surface area contributed by atoms with Gasteiger partial charge in [-0.15, -0.1) is 0 Å². The molecule has 0 spiro atoms. The lowest BCUT2D eigenvalue weighted by Crippen LogP contribution is -2.39. The van der Waals surface area contributed by atoms with E-state index in [1.54, 1.807) is 0 Å². The Morgan fingerprint density at radius 3 is 2.56 bits per heavy atom. The fraction of sp³-hybridized carbons (Fsp3) is 0.478. The Morgan fingerprint density at radius 2 is 1.96 bits per heavy atom. The fourth-order valence-electron chi connectivity index (χ4n) is 3.76. The summed E-state index contributed by atoms with van der Waals surface area (Å²) in [4.78, 5) is 2.23. The molecule has 27 heavy (non-hydrogen) atoms. The summed E-state index contributed by atoms with van der Waals surface area (Å²) >= 11 is 3.59. The number of anilines is 1. The normalized spacial score (nSPS) is 21.9. The monoisotopic (exact) mass is 432 g/mol. The first kappa shape index (κ1) is 21.8. The molecule has 4 heteroatoms. The summed E-state index contributed by atoms with van der Waals surface area (Å²) in [6, 6.07) is 5.96. The van der Waals surface area contributed by atoms with Gasteiger partial charge in [-0.25, -0.2) is 0 Å². The Bertz CT molecular complexity index is 721. The van der Waals surface area contributed by atoms with Gasteiger partial charge in [0.15, 0.2) is 0 Å². The fourth-order valence-corrected chi connectivity index (χ4v) is 4.19. The van der Waals surface area contributed by atoms with Crippen LogP contribution in [0.4, 0.5) is 5.69 Å². The van der Waals surface area contributed by atoms with Gasteiger partial charge in [0, 0.05) is 46.8 Å². The van der Waals surface area contributed by atoms with Gasteiger partial charge < -0.3 is 15.7 Å². The van der Waals surface area contributed by atoms with Gasteiger partial charge >= 0.3 is 0 Å². The van der Waals surface area contributed by atoms with Crippen LogP contribution >= 0.6 is 15.9 Å². The molecule has 3 unspecified atom stereocenters. The number of halogens is 1. The molecule has 1 aromatic rings. The van der Waals surface area contributed by atoms with Crippen LogP contribution in [0.1, 0.15) is 46.1 Å². The van der Waals surface area contributed by atoms with Crippen molar-refractivity contribution in [2.24, 2.45) is 17.1 Å². The van der Waals surface area contributed by atoms with E-state index in [1.807, 2.05) is 24.3 Å². The van der Waals surface area contributed by atoms with Crippen molar-refractivity contribution in [1.29, 1.82) is 0 Å². The van der Waals surface area contributed by atoms with E-state index in [0.29, 0.717) is 5.75 Å². The average Bonchev–Trinajstić information content (AvgIpc) is 2.66. The Balaban J connectivity index is 2.14. The van der Waals surface area contributed by atoms with E-state index in [4.69, 9.17) is 5.73 Å². The van der Waals surface area contributed by atoms with Crippen LogP contribution in [0.25, 0.3) is 6.08 Å². The van der Waals surface area contributed by atoms with E-state index < -0.39 is 0 Å². The highest BCUT2D eigenvalue weighted by Gasteiger charge is 2.34. The van der Waals surface area contributed by atoms with E-state index in [2.05, 4.69) is 72.8 Å². The highest BCUT2D eigenvalue weighted by Crippen LogP contribution is 2.41. The van der Waals surface area contributed by atoms with E-state index in [1.165, 1.54) is 0 Å². The zero-order valence-electron chi connectivity index (χ0n) is 17.0. The Morgan fingerprint density at radius 1 is 1.26 bits per heavy atom. The van der Waals surface area contributed by atoms with Crippen LogP contribution in [0, 0.1) is 11.3 Å². The third kappa shape index (κ3) is 5.26. The largest absolute Gasteiger partial charge is 0.507 e. The standard InChI is InChI=1S/C23H33BrN2O/c1-5-23(4,20-15-18(24)11-13-21(20)25)14-8-9-17-10-12-19(16-22(17)27)26(6-2)7-3/h8-13,15-16,20-21,27H,5-7,14,25H2,1-4H3/b9-8+. The minimum atomic E-state index is 0.0337. The molecule has 0 fully saturated rings. The van der Waals surface area contributed by atoms with Crippen molar-refractivity contribution < 1.29 is 5.11 Å². The molecular weight excluding hydrogens is 400 g/mol. The van der Waals surface area contributed by atoms with Crippen LogP contribution < -0.4 is 10.6 Å². The highest BCUT2D eigenvalue weighted by molar-refractivity contribution is 9.11. The third-order valence-corrected chi connectivity index (χ3v) is 6.40. The minimum Gasteiger partial charge on any atom is -0.507 e. The van der Waals surface area contributed by atoms with Crippen LogP contribution in [0.15, 0.2) is 47.0 Å². The molecule has 1 aliphatic carbocycles. The topological polar surface area (TPSA) is 49.5 Å². The molecule has 2 rings (SSSR count). The summed E-state index contributed by atoms with van der Waals surface area (Å²) in [7, 11) is 0. The van der Waals surface area contributed by atoms with Crippen molar-refractivity contribution in [1.82, 2.24) is 0 Å². The first-order valence-corrected chi connectivity index (χ1v) is 10.7. The predicted octanol–water partition coefficient (Wildman–Crippen LogP) is 5.85. The highest BCUT2D eigenvalue weighted by atomic mass is 79.9. The van der Waals surface area contributed by atoms with E-state index in [-0.39, 0.29) is 17.4 Å². The zero-order valence-corrected chi connectivity index (χ0v) is 18.5. The minimum absolute atomic E-state index is 0.0337. The smallest absolute Gasteiger partial charge is 0.124 e. The zero-order chi connectivity index (χ0) is 20.0. The molecule has 0 bridgehead atoms. The Labute approximate surface area is 172 Å². The van der Waals surface area contributed by atoms with Gasteiger partial charge in [-0.3, -0.25) is 0 Å². The molecule has 0 saturated heterocycles. The summed E-state index contributed by atoms with van der Waals surface area (Å²) in [5, 5.41) is 10.4. The number of nitrogens with two attached hydrogens (primary N) is 1. The van der Waals surface area contributed by atoms with Crippen molar-refractivity contribution in [2.45, 2.75) is 46.6 Å². The van der Waals surface area contributed by atoms with Crippen LogP contribution in [-0.2, 0) is 0 Å². The van der Waals surface area contributed by atoms with Gasteiger partial charge in [0.2, 0.25) is 0 Å². The maximum atomic E-state index is 10.4. The molecule has 0 amide bonds. The van der Waals surface area contributed by atoms with Crippen molar-refractivity contribution >= 4 is 27.7 Å². The number of nitrogens with zero attached hydrogens (tertiary/aromatic N) is 1. The van der Waals surface area contributed by atoms with Crippen LogP contribution in [0.3, 0.4) is 0 Å². The first-order chi connectivity index (χ1) is 12.8. The van der Waals surface area contributed by atoms with Crippen molar-refractivity contribution in [3.63, 3.8) is 0 Å². The van der Waals surface area contributed by atoms with Crippen LogP contribution in [0.2, 0.25) is 0 Å². The second-order valence-electron chi connectivity index (χ2n) is 7.54. The molecule has 3 N–H and O–H groups in total. The number of rotatable bonds is 8. The SMILES string of the molecule is CCN(CC)c1ccc(/C=C/CC(C)(CC)C2C=C(Br)C=CC2N)c(O)c1. The number of phenols is 1. The van der Waals surface area contributed by atoms with Gasteiger partial charge in [0.1, 0.15) is 5.75 Å². The molecule has 0 saturated carbocycles. The molecule has 0 aliphatic heterocycles. The van der Waals surface area contributed by atoms with Crippen molar-refractivity contribution in [3.05, 3.63) is 52.5 Å². The molecule has 148 valence electrons. The number of aromatic hydroxyl groups is 1. The van der Waals surface area contributed by atoms with Gasteiger partial charge in [0.05, 0.1) is 0 Å². The molecule has 3 atom stereocenters. The third-order valence-electron chi connectivity index (χ3n) is 5.87. The lowest BCUT2D eigenvalue weighted by Gasteiger charge is -2.39. The maximum absolute atomic E-state index is 10.4. The molecule has 1 aliphatic rings. The summed E-state index contributed by atoms with van der Waals surface area (Å²) in [5.74, 6) is 0.610. The Hall–Kier alpha value is -1.52. The van der Waals surface area contributed by atoms with Gasteiger partial charge in [-0.1, -0.05) is 60.2 Å².